The summed E-state index contributed by atoms with van der Waals surface area (Å²) in [5.74, 6) is 0.690. The lowest BCUT2D eigenvalue weighted by Crippen LogP contribution is -2.40. The van der Waals surface area contributed by atoms with Gasteiger partial charge >= 0.3 is 0 Å². The molecule has 1 fully saturated rings. The normalized spacial score (nSPS) is 17.1. The minimum Gasteiger partial charge on any atom is -0.376 e. The fourth-order valence-electron chi connectivity index (χ4n) is 2.59. The molecular formula is C18H29IN4O2. The maximum Gasteiger partial charge on any atom is 0.251 e. The molecule has 0 bridgehead atoms. The lowest BCUT2D eigenvalue weighted by molar-refractivity contribution is 0.0857. The minimum absolute atomic E-state index is 0. The van der Waals surface area contributed by atoms with E-state index in [-0.39, 0.29) is 36.0 Å². The number of carbonyl (C=O) groups excluding carboxylic acids is 1. The van der Waals surface area contributed by atoms with E-state index in [4.69, 9.17) is 4.74 Å². The zero-order chi connectivity index (χ0) is 17.4. The number of halogens is 1. The number of rotatable bonds is 6. The first-order valence-corrected chi connectivity index (χ1v) is 8.54. The first-order valence-electron chi connectivity index (χ1n) is 8.54. The first kappa shape index (κ1) is 21.7. The van der Waals surface area contributed by atoms with Gasteiger partial charge in [0.2, 0.25) is 0 Å². The molecule has 1 aromatic rings. The lowest BCUT2D eigenvalue weighted by Gasteiger charge is -2.15. The van der Waals surface area contributed by atoms with E-state index in [0.717, 1.165) is 31.0 Å². The zero-order valence-electron chi connectivity index (χ0n) is 15.2. The molecule has 1 saturated heterocycles. The first-order chi connectivity index (χ1) is 11.6. The molecule has 0 spiro atoms. The molecule has 25 heavy (non-hydrogen) atoms. The van der Waals surface area contributed by atoms with Crippen molar-refractivity contribution in [3.05, 3.63) is 35.4 Å². The summed E-state index contributed by atoms with van der Waals surface area (Å²) in [6, 6.07) is 7.94. The SMILES string of the molecule is CN=C(NCc1cccc(C(=O)NCC2CCCO2)c1)NC(C)C.I. The van der Waals surface area contributed by atoms with E-state index in [2.05, 4.69) is 34.8 Å². The van der Waals surface area contributed by atoms with Crippen molar-refractivity contribution in [2.24, 2.45) is 4.99 Å². The molecule has 0 aliphatic carbocycles. The molecule has 7 heteroatoms. The number of amides is 1. The van der Waals surface area contributed by atoms with Crippen molar-refractivity contribution in [1.29, 1.82) is 0 Å². The number of carbonyl (C=O) groups is 1. The van der Waals surface area contributed by atoms with Crippen LogP contribution in [-0.2, 0) is 11.3 Å². The number of guanidine groups is 1. The summed E-state index contributed by atoms with van der Waals surface area (Å²) in [4.78, 5) is 16.4. The van der Waals surface area contributed by atoms with Crippen LogP contribution in [0.15, 0.2) is 29.3 Å². The zero-order valence-corrected chi connectivity index (χ0v) is 17.5. The quantitative estimate of drug-likeness (QED) is 0.346. The Morgan fingerprint density at radius 3 is 2.80 bits per heavy atom. The molecule has 3 N–H and O–H groups in total. The highest BCUT2D eigenvalue weighted by atomic mass is 127. The van der Waals surface area contributed by atoms with Crippen LogP contribution in [0, 0.1) is 0 Å². The van der Waals surface area contributed by atoms with E-state index >= 15 is 0 Å². The van der Waals surface area contributed by atoms with Crippen molar-refractivity contribution in [2.75, 3.05) is 20.2 Å². The van der Waals surface area contributed by atoms with Gasteiger partial charge in [-0.15, -0.1) is 24.0 Å². The van der Waals surface area contributed by atoms with Gasteiger partial charge in [-0.05, 0) is 44.4 Å². The van der Waals surface area contributed by atoms with Crippen LogP contribution in [0.4, 0.5) is 0 Å². The Kier molecular flexibility index (Phi) is 9.81. The predicted octanol–water partition coefficient (Wildman–Crippen LogP) is 2.29. The van der Waals surface area contributed by atoms with Gasteiger partial charge < -0.3 is 20.7 Å². The summed E-state index contributed by atoms with van der Waals surface area (Å²) < 4.78 is 5.53. The van der Waals surface area contributed by atoms with Crippen LogP contribution < -0.4 is 16.0 Å². The predicted molar refractivity (Wildman–Crippen MR) is 112 cm³/mol. The summed E-state index contributed by atoms with van der Waals surface area (Å²) >= 11 is 0. The van der Waals surface area contributed by atoms with Gasteiger partial charge in [0.05, 0.1) is 6.10 Å². The van der Waals surface area contributed by atoms with Crippen molar-refractivity contribution in [3.8, 4) is 0 Å². The van der Waals surface area contributed by atoms with Gasteiger partial charge in [-0.1, -0.05) is 12.1 Å². The second-order valence-electron chi connectivity index (χ2n) is 6.27. The number of hydrogen-bond donors (Lipinski definition) is 3. The Morgan fingerprint density at radius 1 is 1.36 bits per heavy atom. The smallest absolute Gasteiger partial charge is 0.251 e. The maximum atomic E-state index is 12.3. The molecule has 1 heterocycles. The second-order valence-corrected chi connectivity index (χ2v) is 6.27. The third-order valence-corrected chi connectivity index (χ3v) is 3.81. The largest absolute Gasteiger partial charge is 0.376 e. The molecule has 140 valence electrons. The van der Waals surface area contributed by atoms with Gasteiger partial charge in [-0.2, -0.15) is 0 Å². The number of nitrogens with zero attached hydrogens (tertiary/aromatic N) is 1. The molecule has 1 aliphatic rings. The van der Waals surface area contributed by atoms with Crippen LogP contribution in [0.3, 0.4) is 0 Å². The van der Waals surface area contributed by atoms with Gasteiger partial charge in [-0.3, -0.25) is 9.79 Å². The van der Waals surface area contributed by atoms with E-state index in [1.807, 2.05) is 24.3 Å². The van der Waals surface area contributed by atoms with Crippen molar-refractivity contribution >= 4 is 35.8 Å². The van der Waals surface area contributed by atoms with Gasteiger partial charge in [-0.25, -0.2) is 0 Å². The average molecular weight is 460 g/mol. The minimum atomic E-state index is -0.0583. The van der Waals surface area contributed by atoms with Crippen LogP contribution >= 0.6 is 24.0 Å². The van der Waals surface area contributed by atoms with E-state index in [9.17, 15) is 4.79 Å². The molecule has 1 amide bonds. The van der Waals surface area contributed by atoms with Crippen LogP contribution in [0.25, 0.3) is 0 Å². The van der Waals surface area contributed by atoms with Crippen molar-refractivity contribution in [3.63, 3.8) is 0 Å². The lowest BCUT2D eigenvalue weighted by atomic mass is 10.1. The van der Waals surface area contributed by atoms with Crippen molar-refractivity contribution in [2.45, 2.75) is 45.4 Å². The third-order valence-electron chi connectivity index (χ3n) is 3.81. The molecule has 0 saturated carbocycles. The third kappa shape index (κ3) is 7.60. The van der Waals surface area contributed by atoms with E-state index in [0.29, 0.717) is 24.7 Å². The van der Waals surface area contributed by atoms with E-state index in [1.54, 1.807) is 7.05 Å². The fourth-order valence-corrected chi connectivity index (χ4v) is 2.59. The van der Waals surface area contributed by atoms with Crippen LogP contribution in [0.5, 0.6) is 0 Å². The molecule has 1 atom stereocenters. The number of benzene rings is 1. The molecule has 6 nitrogen and oxygen atoms in total. The Bertz CT molecular complexity index is 572. The van der Waals surface area contributed by atoms with Gasteiger partial charge in [0, 0.05) is 38.3 Å². The summed E-state index contributed by atoms with van der Waals surface area (Å²) in [7, 11) is 1.74. The highest BCUT2D eigenvalue weighted by Gasteiger charge is 2.16. The van der Waals surface area contributed by atoms with Gasteiger partial charge in [0.15, 0.2) is 5.96 Å². The number of ether oxygens (including phenoxy) is 1. The Morgan fingerprint density at radius 2 is 2.16 bits per heavy atom. The molecular weight excluding hydrogens is 431 g/mol. The summed E-state index contributed by atoms with van der Waals surface area (Å²) in [6.45, 7) is 6.11. The number of hydrogen-bond acceptors (Lipinski definition) is 3. The van der Waals surface area contributed by atoms with Gasteiger partial charge in [0.1, 0.15) is 0 Å². The fraction of sp³-hybridized carbons (Fsp3) is 0.556. The van der Waals surface area contributed by atoms with E-state index in [1.165, 1.54) is 0 Å². The van der Waals surface area contributed by atoms with E-state index < -0.39 is 0 Å². The molecule has 1 aromatic carbocycles. The molecule has 0 aromatic heterocycles. The molecule has 1 aliphatic heterocycles. The van der Waals surface area contributed by atoms with Crippen LogP contribution in [-0.4, -0.2) is 44.2 Å². The average Bonchev–Trinajstić information content (AvgIpc) is 3.10. The Labute approximate surface area is 167 Å². The van der Waals surface area contributed by atoms with Crippen LogP contribution in [0.2, 0.25) is 0 Å². The second kappa shape index (κ2) is 11.3. The monoisotopic (exact) mass is 460 g/mol. The highest BCUT2D eigenvalue weighted by Crippen LogP contribution is 2.11. The number of aliphatic imine (C=N–C) groups is 1. The summed E-state index contributed by atoms with van der Waals surface area (Å²) in [5.41, 5.74) is 1.70. The Hall–Kier alpha value is -1.35. The van der Waals surface area contributed by atoms with Crippen molar-refractivity contribution < 1.29 is 9.53 Å². The molecule has 0 radical (unpaired) electrons. The van der Waals surface area contributed by atoms with Crippen LogP contribution in [0.1, 0.15) is 42.6 Å². The Balaban J connectivity index is 0.00000312. The molecule has 1 unspecified atom stereocenters. The van der Waals surface area contributed by atoms with Gasteiger partial charge in [0.25, 0.3) is 5.91 Å². The topological polar surface area (TPSA) is 74.8 Å². The summed E-state index contributed by atoms with van der Waals surface area (Å²) in [5, 5.41) is 9.43. The maximum absolute atomic E-state index is 12.3. The standard InChI is InChI=1S/C18H28N4O2.HI/c1-13(2)22-18(19-3)21-11-14-6-4-7-15(10-14)17(23)20-12-16-8-5-9-24-16;/h4,6-7,10,13,16H,5,8-9,11-12H2,1-3H3,(H,20,23)(H2,19,21,22);1H. The molecule has 2 rings (SSSR count). The highest BCUT2D eigenvalue weighted by molar-refractivity contribution is 14.0. The number of nitrogens with one attached hydrogen (secondary N) is 3. The summed E-state index contributed by atoms with van der Waals surface area (Å²) in [6.07, 6.45) is 2.25. The van der Waals surface area contributed by atoms with Crippen molar-refractivity contribution in [1.82, 2.24) is 16.0 Å².